The third kappa shape index (κ3) is 5.64. The zero-order chi connectivity index (χ0) is 35.1. The maximum atomic E-state index is 6.41. The number of hydrogen-bond acceptors (Lipinski definition) is 5. The van der Waals surface area contributed by atoms with E-state index in [2.05, 4.69) is 174 Å². The van der Waals surface area contributed by atoms with Crippen LogP contribution in [0.1, 0.15) is 0 Å². The van der Waals surface area contributed by atoms with E-state index in [0.717, 1.165) is 45.3 Å². The highest BCUT2D eigenvalue weighted by Crippen LogP contribution is 2.51. The molecule has 9 aromatic rings. The van der Waals surface area contributed by atoms with Crippen molar-refractivity contribution in [3.63, 3.8) is 0 Å². The van der Waals surface area contributed by atoms with Crippen LogP contribution in [0.4, 0.5) is 34.1 Å². The second kappa shape index (κ2) is 13.1. The van der Waals surface area contributed by atoms with E-state index in [1.165, 1.54) is 20.2 Å². The average molecular weight is 701 g/mol. The summed E-state index contributed by atoms with van der Waals surface area (Å²) in [6, 6.07) is 67.9. The summed E-state index contributed by atoms with van der Waals surface area (Å²) in [7, 11) is 0. The van der Waals surface area contributed by atoms with Crippen molar-refractivity contribution in [3.8, 4) is 34.1 Å². The first-order valence-electron chi connectivity index (χ1n) is 17.7. The molecule has 10 rings (SSSR count). The highest BCUT2D eigenvalue weighted by molar-refractivity contribution is 7.26. The van der Waals surface area contributed by atoms with Crippen molar-refractivity contribution in [2.24, 2.45) is 0 Å². The van der Waals surface area contributed by atoms with Crippen LogP contribution in [-0.2, 0) is 0 Å². The van der Waals surface area contributed by atoms with Gasteiger partial charge in [-0.1, -0.05) is 97.1 Å². The van der Waals surface area contributed by atoms with Gasteiger partial charge in [-0.2, -0.15) is 0 Å². The number of ether oxygens (including phenoxy) is 2. The fourth-order valence-electron chi connectivity index (χ4n) is 7.21. The van der Waals surface area contributed by atoms with Gasteiger partial charge in [0.2, 0.25) is 0 Å². The lowest BCUT2D eigenvalue weighted by atomic mass is 10.00. The molecule has 0 N–H and O–H groups in total. The molecule has 2 heterocycles. The molecule has 0 saturated heterocycles. The molecule has 252 valence electrons. The van der Waals surface area contributed by atoms with Crippen molar-refractivity contribution >= 4 is 65.6 Å². The molecule has 0 fully saturated rings. The second-order valence-corrected chi connectivity index (χ2v) is 14.0. The number of thiophene rings is 1. The fraction of sp³-hybridized carbons (Fsp3) is 0. The Bertz CT molecular complexity index is 2690. The molecule has 53 heavy (non-hydrogen) atoms. The van der Waals surface area contributed by atoms with Crippen LogP contribution in [0.15, 0.2) is 194 Å². The van der Waals surface area contributed by atoms with E-state index in [1.807, 2.05) is 41.7 Å². The molecule has 0 spiro atoms. The molecule has 0 atom stereocenters. The van der Waals surface area contributed by atoms with Gasteiger partial charge >= 0.3 is 0 Å². The van der Waals surface area contributed by atoms with Crippen molar-refractivity contribution in [1.82, 2.24) is 0 Å². The van der Waals surface area contributed by atoms with E-state index < -0.39 is 0 Å². The van der Waals surface area contributed by atoms with Crippen molar-refractivity contribution in [3.05, 3.63) is 194 Å². The predicted octanol–water partition coefficient (Wildman–Crippen LogP) is 14.6. The Morgan fingerprint density at radius 1 is 0.340 bits per heavy atom. The number of benzene rings is 8. The van der Waals surface area contributed by atoms with Gasteiger partial charge < -0.3 is 19.3 Å². The molecule has 0 amide bonds. The van der Waals surface area contributed by atoms with Crippen LogP contribution >= 0.6 is 11.3 Å². The topological polar surface area (TPSA) is 24.9 Å². The van der Waals surface area contributed by atoms with E-state index in [0.29, 0.717) is 23.0 Å². The first-order valence-corrected chi connectivity index (χ1v) is 18.5. The maximum Gasteiger partial charge on any atom is 0.172 e. The molecule has 4 nitrogen and oxygen atoms in total. The van der Waals surface area contributed by atoms with Crippen LogP contribution in [0, 0.1) is 0 Å². The number of anilines is 6. The van der Waals surface area contributed by atoms with E-state index in [-0.39, 0.29) is 0 Å². The molecule has 1 aromatic heterocycles. The molecule has 0 bridgehead atoms. The Labute approximate surface area is 312 Å². The van der Waals surface area contributed by atoms with Crippen molar-refractivity contribution < 1.29 is 9.47 Å². The molecular weight excluding hydrogens is 669 g/mol. The Morgan fingerprint density at radius 3 is 1.51 bits per heavy atom. The molecule has 0 saturated carbocycles. The van der Waals surface area contributed by atoms with Crippen LogP contribution in [0.2, 0.25) is 0 Å². The quantitative estimate of drug-likeness (QED) is 0.165. The van der Waals surface area contributed by atoms with Crippen LogP contribution in [0.3, 0.4) is 0 Å². The molecule has 1 aliphatic heterocycles. The zero-order valence-electron chi connectivity index (χ0n) is 28.6. The third-order valence-electron chi connectivity index (χ3n) is 9.68. The monoisotopic (exact) mass is 700 g/mol. The number of para-hydroxylation sites is 5. The summed E-state index contributed by atoms with van der Waals surface area (Å²) >= 11 is 1.83. The van der Waals surface area contributed by atoms with Gasteiger partial charge in [0.25, 0.3) is 0 Å². The lowest BCUT2D eigenvalue weighted by Crippen LogP contribution is -2.11. The van der Waals surface area contributed by atoms with Gasteiger partial charge in [0, 0.05) is 44.3 Å². The molecule has 0 radical (unpaired) electrons. The highest BCUT2D eigenvalue weighted by Gasteiger charge is 2.24. The van der Waals surface area contributed by atoms with Gasteiger partial charge in [0.15, 0.2) is 23.0 Å². The lowest BCUT2D eigenvalue weighted by molar-refractivity contribution is 0.360. The van der Waals surface area contributed by atoms with Crippen LogP contribution < -0.4 is 19.3 Å². The largest absolute Gasteiger partial charge is 0.450 e. The van der Waals surface area contributed by atoms with Crippen LogP contribution in [0.5, 0.6) is 23.0 Å². The van der Waals surface area contributed by atoms with Crippen LogP contribution in [-0.4, -0.2) is 0 Å². The van der Waals surface area contributed by atoms with E-state index >= 15 is 0 Å². The van der Waals surface area contributed by atoms with Gasteiger partial charge in [-0.25, -0.2) is 0 Å². The number of nitrogens with zero attached hydrogens (tertiary/aromatic N) is 2. The number of rotatable bonds is 7. The molecule has 5 heteroatoms. The summed E-state index contributed by atoms with van der Waals surface area (Å²) in [4.78, 5) is 4.63. The second-order valence-electron chi connectivity index (χ2n) is 13.0. The van der Waals surface area contributed by atoms with Crippen molar-refractivity contribution in [2.45, 2.75) is 0 Å². The standard InChI is InChI=1S/C48H32N2O2S/c1-4-14-35(15-5-1)49(36-16-6-2-7-17-36)38-26-24-33(25-27-38)34-30-41-40-20-10-13-23-47(40)53-48(41)42(31-34)50(37-18-8-3-9-19-37)39-28-29-45-46(32-39)52-44-22-12-11-21-43(44)51-45/h1-32H. The lowest BCUT2D eigenvalue weighted by Gasteiger charge is -2.28. The Balaban J connectivity index is 1.13. The molecule has 8 aromatic carbocycles. The molecule has 1 aliphatic rings. The number of hydrogen-bond donors (Lipinski definition) is 0. The van der Waals surface area contributed by atoms with E-state index in [4.69, 9.17) is 9.47 Å². The van der Waals surface area contributed by atoms with Crippen molar-refractivity contribution in [2.75, 3.05) is 9.80 Å². The zero-order valence-corrected chi connectivity index (χ0v) is 29.4. The minimum atomic E-state index is 0.683. The number of fused-ring (bicyclic) bond motifs is 5. The summed E-state index contributed by atoms with van der Waals surface area (Å²) in [6.45, 7) is 0. The van der Waals surface area contributed by atoms with Gasteiger partial charge in [-0.15, -0.1) is 11.3 Å². The van der Waals surface area contributed by atoms with E-state index in [1.54, 1.807) is 0 Å². The summed E-state index contributed by atoms with van der Waals surface area (Å²) in [6.07, 6.45) is 0. The summed E-state index contributed by atoms with van der Waals surface area (Å²) in [5.74, 6) is 2.80. The minimum Gasteiger partial charge on any atom is -0.450 e. The maximum absolute atomic E-state index is 6.41. The predicted molar refractivity (Wildman–Crippen MR) is 221 cm³/mol. The van der Waals surface area contributed by atoms with E-state index in [9.17, 15) is 0 Å². The first kappa shape index (κ1) is 31.0. The fourth-order valence-corrected chi connectivity index (χ4v) is 8.39. The minimum absolute atomic E-state index is 0.683. The summed E-state index contributed by atoms with van der Waals surface area (Å²) in [5, 5.41) is 2.48. The summed E-state index contributed by atoms with van der Waals surface area (Å²) in [5.41, 5.74) is 8.73. The van der Waals surface area contributed by atoms with Gasteiger partial charge in [0.05, 0.1) is 16.1 Å². The molecular formula is C48H32N2O2S. The van der Waals surface area contributed by atoms with Crippen LogP contribution in [0.25, 0.3) is 31.3 Å². The Hall–Kier alpha value is -6.82. The first-order chi connectivity index (χ1) is 26.3. The smallest absolute Gasteiger partial charge is 0.172 e. The Kier molecular flexibility index (Phi) is 7.63. The van der Waals surface area contributed by atoms with Crippen molar-refractivity contribution in [1.29, 1.82) is 0 Å². The summed E-state index contributed by atoms with van der Waals surface area (Å²) < 4.78 is 15.1. The third-order valence-corrected chi connectivity index (χ3v) is 10.9. The van der Waals surface area contributed by atoms with Gasteiger partial charge in [0.1, 0.15) is 0 Å². The SMILES string of the molecule is c1ccc(N(c2ccccc2)c2ccc(-c3cc(N(c4ccccc4)c4ccc5c(c4)Oc4ccccc4O5)c4sc5ccccc5c4c3)cc2)cc1. The molecule has 0 aliphatic carbocycles. The van der Waals surface area contributed by atoms with Gasteiger partial charge in [-0.3, -0.25) is 0 Å². The highest BCUT2D eigenvalue weighted by atomic mass is 32.1. The molecule has 0 unspecified atom stereocenters. The Morgan fingerprint density at radius 2 is 0.849 bits per heavy atom. The van der Waals surface area contributed by atoms with Gasteiger partial charge in [-0.05, 0) is 102 Å². The average Bonchev–Trinajstić information content (AvgIpc) is 3.61. The normalized spacial score (nSPS) is 11.7.